The second-order valence-corrected chi connectivity index (χ2v) is 5.52. The van der Waals surface area contributed by atoms with E-state index in [1.807, 2.05) is 31.1 Å². The van der Waals surface area contributed by atoms with E-state index in [0.29, 0.717) is 17.7 Å². The molecule has 1 aromatic heterocycles. The fourth-order valence-electron chi connectivity index (χ4n) is 2.80. The molecule has 4 nitrogen and oxygen atoms in total. The quantitative estimate of drug-likeness (QED) is 0.910. The Hall–Kier alpha value is -1.58. The Morgan fingerprint density at radius 3 is 2.95 bits per heavy atom. The fraction of sp³-hybridized carbons (Fsp3) is 0.600. The molecule has 0 radical (unpaired) electrons. The predicted octanol–water partition coefficient (Wildman–Crippen LogP) is 2.77. The van der Waals surface area contributed by atoms with Gasteiger partial charge < -0.3 is 10.2 Å². The van der Waals surface area contributed by atoms with Crippen molar-refractivity contribution in [3.05, 3.63) is 24.0 Å². The Balaban J connectivity index is 2.09. The van der Waals surface area contributed by atoms with Crippen molar-refractivity contribution >= 4 is 11.6 Å². The molecule has 1 aromatic rings. The zero-order valence-corrected chi connectivity index (χ0v) is 12.0. The summed E-state index contributed by atoms with van der Waals surface area (Å²) < 4.78 is 0. The van der Waals surface area contributed by atoms with Gasteiger partial charge in [-0.05, 0) is 30.9 Å². The first-order chi connectivity index (χ1) is 9.11. The van der Waals surface area contributed by atoms with E-state index in [-0.39, 0.29) is 5.91 Å². The molecule has 104 valence electrons. The molecule has 0 bridgehead atoms. The highest BCUT2D eigenvalue weighted by molar-refractivity contribution is 5.93. The molecule has 1 heterocycles. The lowest BCUT2D eigenvalue weighted by molar-refractivity contribution is 0.0666. The van der Waals surface area contributed by atoms with E-state index in [1.165, 1.54) is 12.8 Å². The molecular formula is C15H23N3O. The molecule has 1 aliphatic rings. The zero-order valence-electron chi connectivity index (χ0n) is 12.0. The van der Waals surface area contributed by atoms with Crippen LogP contribution in [-0.2, 0) is 0 Å². The van der Waals surface area contributed by atoms with E-state index < -0.39 is 0 Å². The molecule has 0 spiro atoms. The van der Waals surface area contributed by atoms with Crippen LogP contribution in [0, 0.1) is 5.92 Å². The molecule has 1 N–H and O–H groups in total. The number of nitrogens with zero attached hydrogens (tertiary/aromatic N) is 2. The molecule has 1 fully saturated rings. The minimum atomic E-state index is 0.0243. The average Bonchev–Trinajstić information content (AvgIpc) is 2.45. The Bertz CT molecular complexity index is 447. The number of nitrogens with one attached hydrogen (secondary N) is 1. The van der Waals surface area contributed by atoms with Gasteiger partial charge in [0.2, 0.25) is 0 Å². The number of pyridine rings is 1. The van der Waals surface area contributed by atoms with Crippen LogP contribution < -0.4 is 5.32 Å². The van der Waals surface area contributed by atoms with Gasteiger partial charge in [-0.3, -0.25) is 9.78 Å². The lowest BCUT2D eigenvalue weighted by atomic mass is 9.86. The van der Waals surface area contributed by atoms with Gasteiger partial charge in [0.05, 0.1) is 0 Å². The number of hydrogen-bond donors (Lipinski definition) is 1. The second kappa shape index (κ2) is 6.04. The van der Waals surface area contributed by atoms with Crippen LogP contribution in [0.15, 0.2) is 18.3 Å². The average molecular weight is 261 g/mol. The molecule has 0 saturated heterocycles. The lowest BCUT2D eigenvalue weighted by Gasteiger charge is -2.34. The molecule has 1 amide bonds. The van der Waals surface area contributed by atoms with E-state index in [4.69, 9.17) is 0 Å². The van der Waals surface area contributed by atoms with Crippen LogP contribution in [0.3, 0.4) is 0 Å². The number of aromatic nitrogens is 1. The SMILES string of the molecule is CNc1ccnc(C(=O)N(C)C2CCCC(C)C2)c1. The number of hydrogen-bond acceptors (Lipinski definition) is 3. The summed E-state index contributed by atoms with van der Waals surface area (Å²) in [6.45, 7) is 2.27. The van der Waals surface area contributed by atoms with Gasteiger partial charge in [-0.25, -0.2) is 0 Å². The molecule has 0 aliphatic heterocycles. The van der Waals surface area contributed by atoms with E-state index >= 15 is 0 Å². The van der Waals surface area contributed by atoms with Gasteiger partial charge in [0.1, 0.15) is 5.69 Å². The number of amides is 1. The topological polar surface area (TPSA) is 45.2 Å². The van der Waals surface area contributed by atoms with Crippen LogP contribution in [0.1, 0.15) is 43.1 Å². The summed E-state index contributed by atoms with van der Waals surface area (Å²) in [5, 5.41) is 3.04. The first-order valence-corrected chi connectivity index (χ1v) is 7.02. The molecule has 1 saturated carbocycles. The Labute approximate surface area is 115 Å². The predicted molar refractivity (Wildman–Crippen MR) is 77.3 cm³/mol. The second-order valence-electron chi connectivity index (χ2n) is 5.52. The van der Waals surface area contributed by atoms with E-state index in [0.717, 1.165) is 18.5 Å². The maximum absolute atomic E-state index is 12.5. The molecule has 1 aliphatic carbocycles. The minimum absolute atomic E-state index is 0.0243. The highest BCUT2D eigenvalue weighted by Gasteiger charge is 2.26. The third kappa shape index (κ3) is 3.25. The minimum Gasteiger partial charge on any atom is -0.388 e. The van der Waals surface area contributed by atoms with Gasteiger partial charge >= 0.3 is 0 Å². The van der Waals surface area contributed by atoms with Crippen molar-refractivity contribution < 1.29 is 4.79 Å². The monoisotopic (exact) mass is 261 g/mol. The third-order valence-corrected chi connectivity index (χ3v) is 4.04. The zero-order chi connectivity index (χ0) is 13.8. The summed E-state index contributed by atoms with van der Waals surface area (Å²) in [5.41, 5.74) is 1.44. The first-order valence-electron chi connectivity index (χ1n) is 7.02. The standard InChI is InChI=1S/C15H23N3O/c1-11-5-4-6-13(9-11)18(3)15(19)14-10-12(16-2)7-8-17-14/h7-8,10-11,13H,4-6,9H2,1-3H3,(H,16,17). The van der Waals surface area contributed by atoms with Crippen molar-refractivity contribution in [2.45, 2.75) is 38.6 Å². The number of carbonyl (C=O) groups is 1. The molecule has 4 heteroatoms. The maximum atomic E-state index is 12.5. The van der Waals surface area contributed by atoms with Crippen LogP contribution in [0.4, 0.5) is 5.69 Å². The van der Waals surface area contributed by atoms with E-state index in [2.05, 4.69) is 17.2 Å². The Morgan fingerprint density at radius 1 is 1.47 bits per heavy atom. The maximum Gasteiger partial charge on any atom is 0.272 e. The van der Waals surface area contributed by atoms with Crippen molar-refractivity contribution in [3.63, 3.8) is 0 Å². The van der Waals surface area contributed by atoms with Gasteiger partial charge in [0.15, 0.2) is 0 Å². The first kappa shape index (κ1) is 13.8. The molecular weight excluding hydrogens is 238 g/mol. The van der Waals surface area contributed by atoms with Crippen LogP contribution in [0.25, 0.3) is 0 Å². The lowest BCUT2D eigenvalue weighted by Crippen LogP contribution is -2.40. The number of carbonyl (C=O) groups excluding carboxylic acids is 1. The Kier molecular flexibility index (Phi) is 4.40. The number of rotatable bonds is 3. The van der Waals surface area contributed by atoms with Crippen LogP contribution in [0.5, 0.6) is 0 Å². The van der Waals surface area contributed by atoms with Crippen molar-refractivity contribution in [2.75, 3.05) is 19.4 Å². The van der Waals surface area contributed by atoms with Gasteiger partial charge in [-0.2, -0.15) is 0 Å². The van der Waals surface area contributed by atoms with Gasteiger partial charge in [-0.1, -0.05) is 19.8 Å². The smallest absolute Gasteiger partial charge is 0.272 e. The Morgan fingerprint density at radius 2 is 2.26 bits per heavy atom. The van der Waals surface area contributed by atoms with Crippen molar-refractivity contribution in [1.82, 2.24) is 9.88 Å². The van der Waals surface area contributed by atoms with Crippen LogP contribution in [0.2, 0.25) is 0 Å². The largest absolute Gasteiger partial charge is 0.388 e. The van der Waals surface area contributed by atoms with Crippen LogP contribution >= 0.6 is 0 Å². The highest BCUT2D eigenvalue weighted by atomic mass is 16.2. The van der Waals surface area contributed by atoms with E-state index in [1.54, 1.807) is 6.20 Å². The normalized spacial score (nSPS) is 22.9. The van der Waals surface area contributed by atoms with E-state index in [9.17, 15) is 4.79 Å². The summed E-state index contributed by atoms with van der Waals surface area (Å²) in [5.74, 6) is 0.738. The molecule has 2 atom stereocenters. The molecule has 0 aromatic carbocycles. The van der Waals surface area contributed by atoms with Crippen LogP contribution in [-0.4, -0.2) is 35.9 Å². The summed E-state index contributed by atoms with van der Waals surface area (Å²) in [6.07, 6.45) is 6.39. The van der Waals surface area contributed by atoms with Gasteiger partial charge in [-0.15, -0.1) is 0 Å². The summed E-state index contributed by atoms with van der Waals surface area (Å²) in [7, 11) is 3.74. The highest BCUT2D eigenvalue weighted by Crippen LogP contribution is 2.27. The summed E-state index contributed by atoms with van der Waals surface area (Å²) in [4.78, 5) is 18.5. The number of anilines is 1. The van der Waals surface area contributed by atoms with Crippen molar-refractivity contribution in [3.8, 4) is 0 Å². The molecule has 19 heavy (non-hydrogen) atoms. The summed E-state index contributed by atoms with van der Waals surface area (Å²) >= 11 is 0. The van der Waals surface area contributed by atoms with Crippen molar-refractivity contribution in [1.29, 1.82) is 0 Å². The summed E-state index contributed by atoms with van der Waals surface area (Å²) in [6, 6.07) is 4.03. The molecule has 2 rings (SSSR count). The molecule has 2 unspecified atom stereocenters. The van der Waals surface area contributed by atoms with Gasteiger partial charge in [0, 0.05) is 32.0 Å². The van der Waals surface area contributed by atoms with Gasteiger partial charge in [0.25, 0.3) is 5.91 Å². The third-order valence-electron chi connectivity index (χ3n) is 4.04. The fourth-order valence-corrected chi connectivity index (χ4v) is 2.80. The van der Waals surface area contributed by atoms with Crippen molar-refractivity contribution in [2.24, 2.45) is 5.92 Å².